The van der Waals surface area contributed by atoms with E-state index in [1.165, 1.54) is 12.8 Å². The van der Waals surface area contributed by atoms with E-state index < -0.39 is 38.8 Å². The standard InChI is InChI=1S/C82H158BN6O18/c1-26-72(4,5)38-39-73(6,7)34-29-35-74(8,9)62-75(10,11)70(94)88-78(16,17)65-107-82(24,25)41-43-85-67(91)31-37-80(20,21)106-64-77(14,15)87-69(93)33-47-97-51-55-101-59-61-103-57-53-99-49-45-89(71(95)83-27-2)44-48-98-52-56-102-60-58-100-54-50-96-46-32-68(92)86-76(12,13)63-105-79(18,19)36-30-66(90)84-42-40-81(22,23)104-28-3/h29,34H,26-28,30-33,35-65H2,1-25H3,(H,84,90)(H,85,91)(H,86,92)(H,87,93)(H,88,94)/b34-29-. The number of ether oxygens (including phenoxy) is 12. The van der Waals surface area contributed by atoms with Gasteiger partial charge < -0.3 is 88.3 Å². The van der Waals surface area contributed by atoms with Crippen LogP contribution < -0.4 is 26.6 Å². The molecule has 24 nitrogen and oxygen atoms in total. The van der Waals surface area contributed by atoms with Gasteiger partial charge in [-0.25, -0.2) is 0 Å². The van der Waals surface area contributed by atoms with E-state index in [1.54, 1.807) is 12.2 Å². The van der Waals surface area contributed by atoms with E-state index >= 15 is 0 Å². The van der Waals surface area contributed by atoms with Crippen molar-refractivity contribution >= 4 is 42.6 Å². The van der Waals surface area contributed by atoms with E-state index in [1.807, 2.05) is 125 Å². The van der Waals surface area contributed by atoms with Gasteiger partial charge in [-0.05, 0) is 171 Å². The maximum atomic E-state index is 13.8. The highest BCUT2D eigenvalue weighted by molar-refractivity contribution is 6.73. The fourth-order valence-corrected chi connectivity index (χ4v) is 11.1. The van der Waals surface area contributed by atoms with Crippen LogP contribution in [0, 0.1) is 21.7 Å². The second-order valence-corrected chi connectivity index (χ2v) is 35.9. The van der Waals surface area contributed by atoms with Crippen LogP contribution >= 0.6 is 0 Å². The van der Waals surface area contributed by atoms with Crippen molar-refractivity contribution in [1.82, 2.24) is 31.5 Å². The summed E-state index contributed by atoms with van der Waals surface area (Å²) in [5.74, 6) is -0.479. The third-order valence-corrected chi connectivity index (χ3v) is 18.5. The highest BCUT2D eigenvalue weighted by atomic mass is 16.6. The summed E-state index contributed by atoms with van der Waals surface area (Å²) in [5, 5.41) is 15.3. The number of nitrogens with zero attached hydrogens (tertiary/aromatic N) is 1. The first-order chi connectivity index (χ1) is 49.5. The first-order valence-corrected chi connectivity index (χ1v) is 40.0. The Balaban J connectivity index is 4.23. The van der Waals surface area contributed by atoms with Gasteiger partial charge in [0.05, 0.1) is 165 Å². The minimum Gasteiger partial charge on any atom is -0.379 e. The Hall–Kier alpha value is -3.86. The molecule has 6 amide bonds. The molecular weight excluding hydrogens is 1370 g/mol. The molecule has 0 rings (SSSR count). The molecule has 0 aromatic rings. The predicted molar refractivity (Wildman–Crippen MR) is 428 cm³/mol. The number of allylic oxidation sites excluding steroid dienone is 2. The second kappa shape index (κ2) is 52.5. The van der Waals surface area contributed by atoms with Gasteiger partial charge in [0, 0.05) is 63.9 Å². The van der Waals surface area contributed by atoms with Gasteiger partial charge >= 0.3 is 0 Å². The third kappa shape index (κ3) is 57.8. The van der Waals surface area contributed by atoms with Gasteiger partial charge in [-0.1, -0.05) is 94.1 Å². The van der Waals surface area contributed by atoms with Crippen LogP contribution in [0.5, 0.6) is 0 Å². The SMILES string of the molecule is CC[B]C(=O)N(CCOCCOCCOCCOCCC(=O)NC(C)(C)COC(C)(C)CCC(=O)NCCC(C)(C)OCC)CCOCCOCCOCCOCCC(=O)NC(C)(C)COC(C)(C)CCC(=O)NCCC(C)(C)OCC(C)(C)NC(=O)C(C)(C)CC(C)(C)C/C=C\C(C)(C)CCC(C)(C)CC. The van der Waals surface area contributed by atoms with E-state index in [2.05, 4.69) is 87.2 Å². The average molecular weight is 1530 g/mol. The summed E-state index contributed by atoms with van der Waals surface area (Å²) in [4.78, 5) is 79.1. The molecule has 0 unspecified atom stereocenters. The Morgan fingerprint density at radius 2 is 0.720 bits per heavy atom. The van der Waals surface area contributed by atoms with Crippen molar-refractivity contribution in [2.45, 2.75) is 302 Å². The zero-order chi connectivity index (χ0) is 81.6. The fourth-order valence-electron chi connectivity index (χ4n) is 11.1. The van der Waals surface area contributed by atoms with Crippen molar-refractivity contribution in [2.75, 3.05) is 158 Å². The number of carbonyl (C=O) groups excluding carboxylic acids is 6. The van der Waals surface area contributed by atoms with Crippen LogP contribution in [0.25, 0.3) is 0 Å². The molecule has 0 aliphatic carbocycles. The molecule has 1 radical (unpaired) electrons. The van der Waals surface area contributed by atoms with Crippen molar-refractivity contribution in [1.29, 1.82) is 0 Å². The predicted octanol–water partition coefficient (Wildman–Crippen LogP) is 12.6. The molecule has 0 atom stereocenters. The van der Waals surface area contributed by atoms with E-state index in [9.17, 15) is 28.8 Å². The monoisotopic (exact) mass is 1530 g/mol. The van der Waals surface area contributed by atoms with Gasteiger partial charge in [0.15, 0.2) is 5.81 Å². The molecule has 0 heterocycles. The van der Waals surface area contributed by atoms with Crippen molar-refractivity contribution in [3.05, 3.63) is 12.2 Å². The minimum atomic E-state index is -0.655. The van der Waals surface area contributed by atoms with Crippen LogP contribution in [0.3, 0.4) is 0 Å². The molecule has 0 bridgehead atoms. The molecule has 0 spiro atoms. The Morgan fingerprint density at radius 3 is 1.08 bits per heavy atom. The number of hydrogen-bond acceptors (Lipinski definition) is 18. The maximum Gasteiger partial charge on any atom is 0.232 e. The molecule has 627 valence electrons. The highest BCUT2D eigenvalue weighted by Crippen LogP contribution is 2.39. The number of carbonyl (C=O) groups is 6. The van der Waals surface area contributed by atoms with Crippen molar-refractivity contribution in [3.8, 4) is 0 Å². The average Bonchev–Trinajstić information content (AvgIpc) is 0.825. The first-order valence-electron chi connectivity index (χ1n) is 40.0. The lowest BCUT2D eigenvalue weighted by Gasteiger charge is -2.38. The van der Waals surface area contributed by atoms with Crippen LogP contribution in [-0.4, -0.2) is 245 Å². The minimum absolute atomic E-state index is 0.00627. The Kier molecular flexibility index (Phi) is 50.6. The summed E-state index contributed by atoms with van der Waals surface area (Å²) >= 11 is 0. The zero-order valence-electron chi connectivity index (χ0n) is 72.4. The van der Waals surface area contributed by atoms with Gasteiger partial charge in [-0.2, -0.15) is 0 Å². The number of nitrogens with one attached hydrogen (secondary N) is 5. The second-order valence-electron chi connectivity index (χ2n) is 35.9. The summed E-state index contributed by atoms with van der Waals surface area (Å²) in [6.45, 7) is 60.2. The van der Waals surface area contributed by atoms with Gasteiger partial charge in [0.2, 0.25) is 36.8 Å². The lowest BCUT2D eigenvalue weighted by atomic mass is 9.72. The number of hydrogen-bond donors (Lipinski definition) is 5. The molecule has 0 aromatic carbocycles. The molecule has 0 aliphatic rings. The summed E-state index contributed by atoms with van der Waals surface area (Å²) in [5.41, 5.74) is -4.04. The molecule has 0 fully saturated rings. The normalized spacial score (nSPS) is 13.3. The molecule has 25 heteroatoms. The molecule has 0 aromatic heterocycles. The van der Waals surface area contributed by atoms with Crippen LogP contribution in [-0.2, 0) is 80.8 Å². The lowest BCUT2D eigenvalue weighted by Crippen LogP contribution is -2.53. The first kappa shape index (κ1) is 103. The summed E-state index contributed by atoms with van der Waals surface area (Å²) in [6, 6.07) is 0. The number of amides is 6. The van der Waals surface area contributed by atoms with Crippen LogP contribution in [0.4, 0.5) is 4.79 Å². The fraction of sp³-hybridized carbons (Fsp3) is 0.902. The van der Waals surface area contributed by atoms with Gasteiger partial charge in [-0.3, -0.25) is 28.8 Å². The van der Waals surface area contributed by atoms with Gasteiger partial charge in [-0.15, -0.1) is 0 Å². The Labute approximate surface area is 650 Å². The largest absolute Gasteiger partial charge is 0.379 e. The van der Waals surface area contributed by atoms with Crippen molar-refractivity contribution in [3.63, 3.8) is 0 Å². The number of rotatable bonds is 68. The smallest absolute Gasteiger partial charge is 0.232 e. The zero-order valence-corrected chi connectivity index (χ0v) is 72.4. The van der Waals surface area contributed by atoms with E-state index in [4.69, 9.17) is 56.8 Å². The quantitative estimate of drug-likeness (QED) is 0.0215. The molecule has 0 saturated heterocycles. The molecule has 107 heavy (non-hydrogen) atoms. The third-order valence-electron chi connectivity index (χ3n) is 18.5. The molecule has 0 saturated carbocycles. The van der Waals surface area contributed by atoms with Crippen LogP contribution in [0.2, 0.25) is 6.32 Å². The lowest BCUT2D eigenvalue weighted by molar-refractivity contribution is -0.135. The summed E-state index contributed by atoms with van der Waals surface area (Å²) in [6.07, 6.45) is 13.8. The Bertz CT molecular complexity index is 2490. The molecule has 0 aliphatic heterocycles. The molecular formula is C82H158BN6O18. The van der Waals surface area contributed by atoms with E-state index in [-0.39, 0.29) is 97.5 Å². The van der Waals surface area contributed by atoms with Gasteiger partial charge in [0.1, 0.15) is 0 Å². The van der Waals surface area contributed by atoms with Crippen molar-refractivity contribution in [2.24, 2.45) is 21.7 Å². The van der Waals surface area contributed by atoms with E-state index in [0.717, 1.165) is 25.7 Å². The maximum absolute atomic E-state index is 13.8. The topological polar surface area (TPSA) is 277 Å². The summed E-state index contributed by atoms with van der Waals surface area (Å²) < 4.78 is 69.7. The van der Waals surface area contributed by atoms with Crippen LogP contribution in [0.15, 0.2) is 12.2 Å². The Morgan fingerprint density at radius 1 is 0.374 bits per heavy atom. The van der Waals surface area contributed by atoms with E-state index in [0.29, 0.717) is 169 Å². The van der Waals surface area contributed by atoms with Crippen LogP contribution in [0.1, 0.15) is 257 Å². The summed E-state index contributed by atoms with van der Waals surface area (Å²) in [7, 11) is 1.64. The van der Waals surface area contributed by atoms with Gasteiger partial charge in [0.25, 0.3) is 0 Å². The molecule has 5 N–H and O–H groups in total. The highest BCUT2D eigenvalue weighted by Gasteiger charge is 2.38. The van der Waals surface area contributed by atoms with Crippen molar-refractivity contribution < 1.29 is 85.6 Å².